The van der Waals surface area contributed by atoms with Crippen molar-refractivity contribution in [1.29, 1.82) is 0 Å². The standard InChI is InChI=1S/C21H27NO3/c1-23-20-13-17-10-11-22-19(18(17)14-21(20)24-2)9-6-12-25-15-16-7-4-3-5-8-16/h3-5,7-8,13-14,19,22H,6,9-12,15H2,1-2H3/t19-/m0/s1. The van der Waals surface area contributed by atoms with Crippen LogP contribution in [0.15, 0.2) is 42.5 Å². The zero-order valence-electron chi connectivity index (χ0n) is 15.1. The molecule has 1 atom stereocenters. The minimum absolute atomic E-state index is 0.351. The van der Waals surface area contributed by atoms with Crippen LogP contribution in [0.25, 0.3) is 0 Å². The molecule has 2 aromatic carbocycles. The summed E-state index contributed by atoms with van der Waals surface area (Å²) in [6, 6.07) is 14.9. The molecule has 1 heterocycles. The third kappa shape index (κ3) is 4.53. The van der Waals surface area contributed by atoms with E-state index in [2.05, 4.69) is 29.6 Å². The zero-order valence-corrected chi connectivity index (χ0v) is 15.1. The van der Waals surface area contributed by atoms with Crippen molar-refractivity contribution in [1.82, 2.24) is 5.32 Å². The summed E-state index contributed by atoms with van der Waals surface area (Å²) in [5.74, 6) is 1.61. The smallest absolute Gasteiger partial charge is 0.161 e. The van der Waals surface area contributed by atoms with Gasteiger partial charge in [-0.05, 0) is 54.6 Å². The number of rotatable bonds is 8. The van der Waals surface area contributed by atoms with Crippen LogP contribution in [-0.4, -0.2) is 27.4 Å². The lowest BCUT2D eigenvalue weighted by Crippen LogP contribution is -2.30. The van der Waals surface area contributed by atoms with Gasteiger partial charge in [-0.25, -0.2) is 0 Å². The average Bonchev–Trinajstić information content (AvgIpc) is 2.67. The lowest BCUT2D eigenvalue weighted by molar-refractivity contribution is 0.115. The van der Waals surface area contributed by atoms with Crippen molar-refractivity contribution in [3.8, 4) is 11.5 Å². The molecule has 0 radical (unpaired) electrons. The molecule has 0 amide bonds. The first-order valence-corrected chi connectivity index (χ1v) is 8.91. The fourth-order valence-electron chi connectivity index (χ4n) is 3.38. The lowest BCUT2D eigenvalue weighted by atomic mass is 9.91. The molecule has 25 heavy (non-hydrogen) atoms. The minimum Gasteiger partial charge on any atom is -0.493 e. The number of ether oxygens (including phenoxy) is 3. The first-order chi connectivity index (χ1) is 12.3. The van der Waals surface area contributed by atoms with E-state index in [9.17, 15) is 0 Å². The van der Waals surface area contributed by atoms with Crippen LogP contribution in [0.4, 0.5) is 0 Å². The number of benzene rings is 2. The van der Waals surface area contributed by atoms with Crippen molar-refractivity contribution in [3.63, 3.8) is 0 Å². The van der Waals surface area contributed by atoms with Crippen molar-refractivity contribution >= 4 is 0 Å². The Balaban J connectivity index is 1.54. The Morgan fingerprint density at radius 3 is 2.56 bits per heavy atom. The van der Waals surface area contributed by atoms with Crippen LogP contribution in [0.5, 0.6) is 11.5 Å². The van der Waals surface area contributed by atoms with Crippen LogP contribution in [0.1, 0.15) is 35.6 Å². The summed E-state index contributed by atoms with van der Waals surface area (Å²) in [5, 5.41) is 3.62. The van der Waals surface area contributed by atoms with E-state index in [4.69, 9.17) is 14.2 Å². The number of fused-ring (bicyclic) bond motifs is 1. The second-order valence-electron chi connectivity index (χ2n) is 6.34. The normalized spacial score (nSPS) is 16.3. The average molecular weight is 341 g/mol. The third-order valence-electron chi connectivity index (χ3n) is 4.70. The Hall–Kier alpha value is -2.04. The Labute approximate surface area is 150 Å². The molecule has 0 aromatic heterocycles. The maximum absolute atomic E-state index is 5.81. The highest BCUT2D eigenvalue weighted by Gasteiger charge is 2.22. The SMILES string of the molecule is COc1cc2c(cc1OC)[C@H](CCCOCc1ccccc1)NCC2. The van der Waals surface area contributed by atoms with Gasteiger partial charge in [-0.1, -0.05) is 30.3 Å². The first-order valence-electron chi connectivity index (χ1n) is 8.91. The molecule has 2 aromatic rings. The molecular formula is C21H27NO3. The minimum atomic E-state index is 0.351. The highest BCUT2D eigenvalue weighted by Crippen LogP contribution is 2.36. The van der Waals surface area contributed by atoms with Crippen LogP contribution in [-0.2, 0) is 17.8 Å². The highest BCUT2D eigenvalue weighted by atomic mass is 16.5. The fraction of sp³-hybridized carbons (Fsp3) is 0.429. The molecule has 4 heteroatoms. The number of hydrogen-bond donors (Lipinski definition) is 1. The lowest BCUT2D eigenvalue weighted by Gasteiger charge is -2.28. The predicted molar refractivity (Wildman–Crippen MR) is 99.3 cm³/mol. The topological polar surface area (TPSA) is 39.7 Å². The van der Waals surface area contributed by atoms with Crippen molar-refractivity contribution in [3.05, 3.63) is 59.2 Å². The third-order valence-corrected chi connectivity index (χ3v) is 4.70. The summed E-state index contributed by atoms with van der Waals surface area (Å²) >= 11 is 0. The van der Waals surface area contributed by atoms with Crippen LogP contribution in [0.3, 0.4) is 0 Å². The number of nitrogens with one attached hydrogen (secondary N) is 1. The van der Waals surface area contributed by atoms with E-state index in [-0.39, 0.29) is 0 Å². The number of hydrogen-bond acceptors (Lipinski definition) is 4. The van der Waals surface area contributed by atoms with Gasteiger partial charge in [0.15, 0.2) is 11.5 Å². The summed E-state index contributed by atoms with van der Waals surface area (Å²) < 4.78 is 16.7. The Morgan fingerprint density at radius 2 is 1.80 bits per heavy atom. The van der Waals surface area contributed by atoms with E-state index in [1.807, 2.05) is 18.2 Å². The monoisotopic (exact) mass is 341 g/mol. The molecule has 1 aliphatic rings. The van der Waals surface area contributed by atoms with E-state index in [0.29, 0.717) is 12.6 Å². The van der Waals surface area contributed by atoms with Gasteiger partial charge in [0.2, 0.25) is 0 Å². The molecule has 1 N–H and O–H groups in total. The van der Waals surface area contributed by atoms with E-state index >= 15 is 0 Å². The van der Waals surface area contributed by atoms with Gasteiger partial charge in [-0.2, -0.15) is 0 Å². The summed E-state index contributed by atoms with van der Waals surface area (Å²) in [4.78, 5) is 0. The predicted octanol–water partition coefficient (Wildman–Crippen LogP) is 3.89. The van der Waals surface area contributed by atoms with Crippen LogP contribution < -0.4 is 14.8 Å². The Kier molecular flexibility index (Phi) is 6.31. The van der Waals surface area contributed by atoms with Gasteiger partial charge in [0.25, 0.3) is 0 Å². The maximum Gasteiger partial charge on any atom is 0.161 e. The van der Waals surface area contributed by atoms with Crippen molar-refractivity contribution < 1.29 is 14.2 Å². The summed E-state index contributed by atoms with van der Waals surface area (Å²) in [5.41, 5.74) is 3.90. The van der Waals surface area contributed by atoms with Crippen molar-refractivity contribution in [2.24, 2.45) is 0 Å². The van der Waals surface area contributed by atoms with Gasteiger partial charge >= 0.3 is 0 Å². The second-order valence-corrected chi connectivity index (χ2v) is 6.34. The van der Waals surface area contributed by atoms with Gasteiger partial charge in [-0.15, -0.1) is 0 Å². The molecule has 4 nitrogen and oxygen atoms in total. The quantitative estimate of drug-likeness (QED) is 0.740. The summed E-state index contributed by atoms with van der Waals surface area (Å²) in [6.45, 7) is 2.45. The summed E-state index contributed by atoms with van der Waals surface area (Å²) in [6.07, 6.45) is 3.10. The maximum atomic E-state index is 5.81. The number of methoxy groups -OCH3 is 2. The van der Waals surface area contributed by atoms with Gasteiger partial charge in [-0.3, -0.25) is 0 Å². The van der Waals surface area contributed by atoms with Crippen molar-refractivity contribution in [2.75, 3.05) is 27.4 Å². The van der Waals surface area contributed by atoms with E-state index in [1.165, 1.54) is 16.7 Å². The molecule has 0 bridgehead atoms. The van der Waals surface area contributed by atoms with E-state index in [1.54, 1.807) is 14.2 Å². The summed E-state index contributed by atoms with van der Waals surface area (Å²) in [7, 11) is 3.37. The molecule has 0 saturated carbocycles. The highest BCUT2D eigenvalue weighted by molar-refractivity contribution is 5.49. The van der Waals surface area contributed by atoms with Crippen LogP contribution in [0.2, 0.25) is 0 Å². The Morgan fingerprint density at radius 1 is 1.04 bits per heavy atom. The van der Waals surface area contributed by atoms with E-state index < -0.39 is 0 Å². The first kappa shape index (κ1) is 17.8. The molecular weight excluding hydrogens is 314 g/mol. The molecule has 0 unspecified atom stereocenters. The molecule has 134 valence electrons. The van der Waals surface area contributed by atoms with Crippen LogP contribution in [0, 0.1) is 0 Å². The molecule has 0 saturated heterocycles. The zero-order chi connectivity index (χ0) is 17.5. The molecule has 0 spiro atoms. The van der Waals surface area contributed by atoms with E-state index in [0.717, 1.165) is 43.9 Å². The molecule has 0 aliphatic carbocycles. The molecule has 0 fully saturated rings. The fourth-order valence-corrected chi connectivity index (χ4v) is 3.38. The van der Waals surface area contributed by atoms with Gasteiger partial charge in [0.1, 0.15) is 0 Å². The van der Waals surface area contributed by atoms with Gasteiger partial charge < -0.3 is 19.5 Å². The molecule has 1 aliphatic heterocycles. The van der Waals surface area contributed by atoms with Crippen molar-refractivity contribution in [2.45, 2.75) is 31.9 Å². The Bertz CT molecular complexity index is 672. The van der Waals surface area contributed by atoms with Gasteiger partial charge in [0, 0.05) is 12.6 Å². The molecule has 3 rings (SSSR count). The van der Waals surface area contributed by atoms with Crippen LogP contribution >= 0.6 is 0 Å². The second kappa shape index (κ2) is 8.88. The van der Waals surface area contributed by atoms with Gasteiger partial charge in [0.05, 0.1) is 20.8 Å². The largest absolute Gasteiger partial charge is 0.493 e.